The number of hydrogen-bond donors (Lipinski definition) is 3. The first-order valence-electron chi connectivity index (χ1n) is 10.3. The maximum absolute atomic E-state index is 14.7. The van der Waals surface area contributed by atoms with Gasteiger partial charge in [0, 0.05) is 4.11 Å². The van der Waals surface area contributed by atoms with Crippen LogP contribution in [0.3, 0.4) is 0 Å². The molecule has 3 N–H and O–H groups in total. The van der Waals surface area contributed by atoms with Crippen LogP contribution in [0, 0.1) is 11.6 Å². The minimum atomic E-state index is -3.83. The van der Waals surface area contributed by atoms with E-state index in [-0.39, 0.29) is 5.52 Å². The number of aliphatic hydroxyl groups is 3. The number of Topliss-reactive ketones (excluding diaryl/α,β-unsaturated/α-hetero) is 3. The molecule has 0 saturated carbocycles. The Hall–Kier alpha value is -2.31. The minimum absolute atomic E-state index is 0.290. The van der Waals surface area contributed by atoms with Crippen LogP contribution in [0.25, 0.3) is 11.0 Å². The third-order valence-corrected chi connectivity index (χ3v) is 5.45. The van der Waals surface area contributed by atoms with E-state index in [0.717, 1.165) is 6.07 Å². The molecule has 12 heteroatoms. The minimum Gasteiger partial charge on any atom is -0.376 e. The zero-order chi connectivity index (χ0) is 24.9. The summed E-state index contributed by atoms with van der Waals surface area (Å²) in [6.07, 6.45) is -2.41. The van der Waals surface area contributed by atoms with Gasteiger partial charge in [0.15, 0.2) is 40.8 Å². The molecule has 1 aliphatic heterocycles. The van der Waals surface area contributed by atoms with Crippen molar-refractivity contribution in [1.82, 2.24) is 9.55 Å². The molecule has 1 unspecified atom stereocenters. The van der Waals surface area contributed by atoms with Gasteiger partial charge in [-0.15, -0.1) is 0 Å². The zero-order valence-corrected chi connectivity index (χ0v) is 15.8. The first kappa shape index (κ1) is 18.5. The summed E-state index contributed by atoms with van der Waals surface area (Å²) >= 11 is 6.02. The van der Waals surface area contributed by atoms with Gasteiger partial charge in [-0.05, 0) is 44.4 Å². The van der Waals surface area contributed by atoms with E-state index in [4.69, 9.17) is 20.5 Å². The lowest BCUT2D eigenvalue weighted by molar-refractivity contribution is -0.310. The van der Waals surface area contributed by atoms with Gasteiger partial charge in [0.1, 0.15) is 5.52 Å². The Kier molecular flexibility index (Phi) is 4.22. The molecule has 2 aromatic rings. The number of fused-ring (bicyclic) bond motifs is 1. The third kappa shape index (κ3) is 2.53. The second kappa shape index (κ2) is 6.86. The SMILES string of the molecule is [2H]CC(=O)[C@@]1(O)[C@@](O)(C(=O)C[2H])COC(n2c(Cl)nc3ccc(F)c(F)c32)[C@@]1(O)C(=O)C[2H]. The molecule has 0 amide bonds. The molecule has 3 rings (SSSR count). The van der Waals surface area contributed by atoms with Crippen LogP contribution in [-0.2, 0) is 19.1 Å². The van der Waals surface area contributed by atoms with Crippen LogP contribution in [0.2, 0.25) is 5.28 Å². The summed E-state index contributed by atoms with van der Waals surface area (Å²) in [5.41, 5.74) is -12.0. The summed E-state index contributed by atoms with van der Waals surface area (Å²) in [5.74, 6) is -7.95. The summed E-state index contributed by atoms with van der Waals surface area (Å²) in [6, 6.07) is 1.70. The van der Waals surface area contributed by atoms with E-state index in [1.807, 2.05) is 0 Å². The summed E-state index contributed by atoms with van der Waals surface area (Å²) in [4.78, 5) is 41.7. The highest BCUT2D eigenvalue weighted by molar-refractivity contribution is 6.29. The number of aromatic nitrogens is 2. The largest absolute Gasteiger partial charge is 0.376 e. The van der Waals surface area contributed by atoms with Gasteiger partial charge >= 0.3 is 0 Å². The van der Waals surface area contributed by atoms with Crippen LogP contribution in [0.4, 0.5) is 8.78 Å². The Balaban J connectivity index is 2.43. The van der Waals surface area contributed by atoms with E-state index in [1.54, 1.807) is 0 Å². The van der Waals surface area contributed by atoms with Crippen LogP contribution < -0.4 is 0 Å². The van der Waals surface area contributed by atoms with Crippen LogP contribution in [0.15, 0.2) is 12.1 Å². The highest BCUT2D eigenvalue weighted by Gasteiger charge is 2.76. The number of halogens is 3. The number of ether oxygens (including phenoxy) is 1. The van der Waals surface area contributed by atoms with Gasteiger partial charge in [0.2, 0.25) is 16.5 Å². The highest BCUT2D eigenvalue weighted by atomic mass is 35.5. The van der Waals surface area contributed by atoms with E-state index in [2.05, 4.69) is 4.98 Å². The third-order valence-electron chi connectivity index (χ3n) is 5.18. The molecule has 0 aliphatic carbocycles. The smallest absolute Gasteiger partial charge is 0.207 e. The van der Waals surface area contributed by atoms with Crippen molar-refractivity contribution < 1.29 is 47.3 Å². The first-order valence-corrected chi connectivity index (χ1v) is 8.52. The molecule has 4 atom stereocenters. The monoisotopic (exact) mass is 449 g/mol. The molecule has 0 spiro atoms. The summed E-state index contributed by atoms with van der Waals surface area (Å²) in [7, 11) is 0. The molecular weight excluding hydrogens is 430 g/mol. The molecule has 1 saturated heterocycles. The van der Waals surface area contributed by atoms with Crippen molar-refractivity contribution in [3.63, 3.8) is 0 Å². The van der Waals surface area contributed by atoms with Gasteiger partial charge in [-0.3, -0.25) is 19.0 Å². The number of ketones is 3. The molecule has 2 heterocycles. The predicted octanol–water partition coefficient (Wildman–Crippen LogP) is 0.457. The van der Waals surface area contributed by atoms with E-state index < -0.39 is 90.1 Å². The Morgan fingerprint density at radius 3 is 2.43 bits per heavy atom. The van der Waals surface area contributed by atoms with Gasteiger partial charge in [-0.2, -0.15) is 0 Å². The van der Waals surface area contributed by atoms with Crippen molar-refractivity contribution in [2.45, 2.75) is 43.7 Å². The standard InChI is InChI=1S/C18H17ClF2N2O7/c1-7(24)16(27)6-30-14(17(28,8(2)25)18(16,29)9(3)26)23-13-11(22-15(23)19)5-4-10(20)12(13)21/h4-5,14,27-29H,6H2,1-3H3/t14?,16-,17-,18+/m0/s1/i1D,2D,3D. The predicted molar refractivity (Wildman–Crippen MR) is 96.5 cm³/mol. The number of nitrogens with zero attached hydrogens (tertiary/aromatic N) is 2. The Labute approximate surface area is 177 Å². The average Bonchev–Trinajstić information content (AvgIpc) is 3.14. The Morgan fingerprint density at radius 1 is 1.20 bits per heavy atom. The lowest BCUT2D eigenvalue weighted by Crippen LogP contribution is -2.82. The molecule has 1 aromatic carbocycles. The van der Waals surface area contributed by atoms with Crippen LogP contribution >= 0.6 is 11.6 Å². The number of hydrogen-bond acceptors (Lipinski definition) is 8. The van der Waals surface area contributed by atoms with Crippen LogP contribution in [0.5, 0.6) is 0 Å². The highest BCUT2D eigenvalue weighted by Crippen LogP contribution is 2.49. The van der Waals surface area contributed by atoms with Gasteiger partial charge in [-0.1, -0.05) is 0 Å². The number of benzene rings is 1. The molecule has 162 valence electrons. The quantitative estimate of drug-likeness (QED) is 0.611. The van der Waals surface area contributed by atoms with Crippen molar-refractivity contribution in [2.24, 2.45) is 0 Å². The van der Waals surface area contributed by atoms with E-state index in [9.17, 15) is 38.5 Å². The van der Waals surface area contributed by atoms with Crippen molar-refractivity contribution >= 4 is 40.0 Å². The van der Waals surface area contributed by atoms with Crippen molar-refractivity contribution in [3.05, 3.63) is 29.1 Å². The fourth-order valence-electron chi connectivity index (χ4n) is 3.55. The maximum atomic E-state index is 14.7. The summed E-state index contributed by atoms with van der Waals surface area (Å²) in [5, 5.41) is 33.0. The lowest BCUT2D eigenvalue weighted by atomic mass is 9.63. The van der Waals surface area contributed by atoms with Crippen molar-refractivity contribution in [1.29, 1.82) is 0 Å². The number of imidazole rings is 1. The topological polar surface area (TPSA) is 139 Å². The van der Waals surface area contributed by atoms with Crippen molar-refractivity contribution in [2.75, 3.05) is 6.61 Å². The lowest BCUT2D eigenvalue weighted by Gasteiger charge is -2.54. The molecular formula is C18H17ClF2N2O7. The fourth-order valence-corrected chi connectivity index (χ4v) is 3.82. The molecule has 1 aliphatic rings. The second-order valence-corrected chi connectivity index (χ2v) is 7.09. The van der Waals surface area contributed by atoms with Gasteiger partial charge in [0.25, 0.3) is 0 Å². The molecule has 0 radical (unpaired) electrons. The number of carbonyl (C=O) groups excluding carboxylic acids is 3. The van der Waals surface area contributed by atoms with Crippen LogP contribution in [-0.4, -0.2) is 65.6 Å². The number of rotatable bonds is 4. The normalized spacial score (nSPS) is 33.0. The summed E-state index contributed by atoms with van der Waals surface area (Å²) in [6.45, 7) is -5.28. The van der Waals surface area contributed by atoms with E-state index in [0.29, 0.717) is 10.6 Å². The number of carbonyl (C=O) groups is 3. The molecule has 1 aromatic heterocycles. The van der Waals surface area contributed by atoms with Gasteiger partial charge in [0.05, 0.1) is 12.1 Å². The Bertz CT molecular complexity index is 1170. The maximum Gasteiger partial charge on any atom is 0.207 e. The van der Waals surface area contributed by atoms with Crippen molar-refractivity contribution in [3.8, 4) is 0 Å². The van der Waals surface area contributed by atoms with E-state index in [1.165, 1.54) is 0 Å². The van der Waals surface area contributed by atoms with Gasteiger partial charge < -0.3 is 20.1 Å². The van der Waals surface area contributed by atoms with Gasteiger partial charge in [-0.25, -0.2) is 13.8 Å². The summed E-state index contributed by atoms with van der Waals surface area (Å²) < 4.78 is 56.3. The molecule has 30 heavy (non-hydrogen) atoms. The second-order valence-electron chi connectivity index (χ2n) is 6.75. The molecule has 1 fully saturated rings. The van der Waals surface area contributed by atoms with Crippen LogP contribution in [0.1, 0.15) is 31.0 Å². The average molecular weight is 450 g/mol. The first-order chi connectivity index (χ1) is 15.4. The zero-order valence-electron chi connectivity index (χ0n) is 18.1. The van der Waals surface area contributed by atoms with E-state index >= 15 is 0 Å². The molecule has 9 nitrogen and oxygen atoms in total. The fraction of sp³-hybridized carbons (Fsp3) is 0.444. The Morgan fingerprint density at radius 2 is 1.83 bits per heavy atom. The molecule has 0 bridgehead atoms.